The van der Waals surface area contributed by atoms with E-state index in [9.17, 15) is 13.6 Å². The average molecular weight is 395 g/mol. The monoisotopic (exact) mass is 394 g/mol. The largest absolute Gasteiger partial charge is 0.333 e. The number of rotatable bonds is 5. The molecule has 1 aliphatic heterocycles. The van der Waals surface area contributed by atoms with Crippen LogP contribution in [0.4, 0.5) is 8.78 Å². The van der Waals surface area contributed by atoms with E-state index >= 15 is 0 Å². The summed E-state index contributed by atoms with van der Waals surface area (Å²) in [6.45, 7) is 3.96. The molecule has 146 valence electrons. The lowest BCUT2D eigenvalue weighted by Gasteiger charge is -2.37. The zero-order valence-electron chi connectivity index (χ0n) is 15.3. The molecule has 0 saturated carbocycles. The number of piperazine rings is 1. The lowest BCUT2D eigenvalue weighted by Crippen LogP contribution is -2.49. The molecule has 27 heavy (non-hydrogen) atoms. The lowest BCUT2D eigenvalue weighted by atomic mass is 9.96. The van der Waals surface area contributed by atoms with E-state index in [2.05, 4.69) is 5.32 Å². The average Bonchev–Trinajstić information content (AvgIpc) is 2.61. The van der Waals surface area contributed by atoms with E-state index in [1.54, 1.807) is 12.1 Å². The van der Waals surface area contributed by atoms with Gasteiger partial charge in [-0.05, 0) is 47.7 Å². The van der Waals surface area contributed by atoms with E-state index in [0.29, 0.717) is 25.9 Å². The van der Waals surface area contributed by atoms with Crippen LogP contribution in [0.2, 0.25) is 0 Å². The van der Waals surface area contributed by atoms with Gasteiger partial charge in [-0.3, -0.25) is 4.79 Å². The highest BCUT2D eigenvalue weighted by Crippen LogP contribution is 2.25. The van der Waals surface area contributed by atoms with Crippen LogP contribution in [0.25, 0.3) is 0 Å². The van der Waals surface area contributed by atoms with Crippen LogP contribution in [0.1, 0.15) is 30.5 Å². The van der Waals surface area contributed by atoms with Gasteiger partial charge in [0.1, 0.15) is 11.6 Å². The van der Waals surface area contributed by atoms with Crippen molar-refractivity contribution >= 4 is 18.3 Å². The van der Waals surface area contributed by atoms with Crippen molar-refractivity contribution in [2.75, 3.05) is 19.6 Å². The summed E-state index contributed by atoms with van der Waals surface area (Å²) < 4.78 is 26.9. The molecular weight excluding hydrogens is 370 g/mol. The van der Waals surface area contributed by atoms with Gasteiger partial charge in [0.05, 0.1) is 6.04 Å². The number of amides is 1. The van der Waals surface area contributed by atoms with Crippen molar-refractivity contribution in [3.05, 3.63) is 71.3 Å². The molecule has 2 aromatic rings. The third kappa shape index (κ3) is 5.75. The van der Waals surface area contributed by atoms with Gasteiger partial charge in [-0.1, -0.05) is 31.2 Å². The SMILES string of the molecule is CC(CC(=O)N1CCNCC1c1cccc(F)c1)Cc1cccc(F)c1.Cl. The van der Waals surface area contributed by atoms with Gasteiger partial charge in [-0.15, -0.1) is 12.4 Å². The molecule has 2 aromatic carbocycles. The molecule has 1 aliphatic rings. The fraction of sp³-hybridized carbons (Fsp3) is 0.381. The molecule has 1 fully saturated rings. The van der Waals surface area contributed by atoms with Crippen LogP contribution in [0.3, 0.4) is 0 Å². The normalized spacial score (nSPS) is 17.9. The zero-order valence-corrected chi connectivity index (χ0v) is 16.1. The zero-order chi connectivity index (χ0) is 18.5. The Morgan fingerprint density at radius 1 is 1.19 bits per heavy atom. The molecule has 0 radical (unpaired) electrons. The third-order valence-corrected chi connectivity index (χ3v) is 4.79. The maximum absolute atomic E-state index is 13.6. The first-order valence-corrected chi connectivity index (χ1v) is 9.03. The summed E-state index contributed by atoms with van der Waals surface area (Å²) in [6, 6.07) is 12.8. The van der Waals surface area contributed by atoms with Gasteiger partial charge in [-0.25, -0.2) is 8.78 Å². The van der Waals surface area contributed by atoms with E-state index in [1.165, 1.54) is 24.3 Å². The Bertz CT molecular complexity index is 771. The van der Waals surface area contributed by atoms with Crippen molar-refractivity contribution in [2.45, 2.75) is 25.8 Å². The number of benzene rings is 2. The van der Waals surface area contributed by atoms with E-state index in [1.807, 2.05) is 24.0 Å². The van der Waals surface area contributed by atoms with Crippen molar-refractivity contribution in [1.29, 1.82) is 0 Å². The minimum atomic E-state index is -0.292. The van der Waals surface area contributed by atoms with E-state index in [4.69, 9.17) is 0 Å². The smallest absolute Gasteiger partial charge is 0.223 e. The number of halogens is 3. The van der Waals surface area contributed by atoms with Crippen LogP contribution in [0.15, 0.2) is 48.5 Å². The molecule has 6 heteroatoms. The van der Waals surface area contributed by atoms with E-state index in [-0.39, 0.29) is 41.9 Å². The first kappa shape index (κ1) is 21.3. The minimum Gasteiger partial charge on any atom is -0.333 e. The highest BCUT2D eigenvalue weighted by molar-refractivity contribution is 5.85. The summed E-state index contributed by atoms with van der Waals surface area (Å²) >= 11 is 0. The van der Waals surface area contributed by atoms with Crippen molar-refractivity contribution in [3.8, 4) is 0 Å². The number of carbonyl (C=O) groups excluding carboxylic acids is 1. The first-order chi connectivity index (χ1) is 12.5. The molecule has 1 N–H and O–H groups in total. The molecule has 1 amide bonds. The van der Waals surface area contributed by atoms with Gasteiger partial charge in [-0.2, -0.15) is 0 Å². The molecule has 3 nitrogen and oxygen atoms in total. The maximum Gasteiger partial charge on any atom is 0.223 e. The first-order valence-electron chi connectivity index (χ1n) is 9.03. The standard InChI is InChI=1S/C21H24F2N2O.ClH/c1-15(10-16-4-2-6-18(22)12-16)11-21(26)25-9-8-24-14-20(25)17-5-3-7-19(23)13-17;/h2-7,12-13,15,20,24H,8-11,14H2,1H3;1H. The van der Waals surface area contributed by atoms with E-state index < -0.39 is 0 Å². The third-order valence-electron chi connectivity index (χ3n) is 4.79. The van der Waals surface area contributed by atoms with Gasteiger partial charge < -0.3 is 10.2 Å². The Hall–Kier alpha value is -1.98. The van der Waals surface area contributed by atoms with Crippen molar-refractivity contribution in [1.82, 2.24) is 10.2 Å². The molecule has 0 bridgehead atoms. The molecule has 2 unspecified atom stereocenters. The van der Waals surface area contributed by atoms with E-state index in [0.717, 1.165) is 17.7 Å². The number of nitrogens with zero attached hydrogens (tertiary/aromatic N) is 1. The second-order valence-corrected chi connectivity index (χ2v) is 7.01. The number of hydrogen-bond acceptors (Lipinski definition) is 2. The fourth-order valence-electron chi connectivity index (χ4n) is 3.57. The summed E-state index contributed by atoms with van der Waals surface area (Å²) in [4.78, 5) is 14.7. The Morgan fingerprint density at radius 3 is 2.59 bits per heavy atom. The highest BCUT2D eigenvalue weighted by Gasteiger charge is 2.28. The maximum atomic E-state index is 13.6. The quantitative estimate of drug-likeness (QED) is 0.827. The molecule has 1 saturated heterocycles. The Kier molecular flexibility index (Phi) is 7.75. The van der Waals surface area contributed by atoms with Gasteiger partial charge in [0.15, 0.2) is 0 Å². The molecule has 0 spiro atoms. The Balaban J connectivity index is 0.00000261. The molecular formula is C21H25ClF2N2O. The van der Waals surface area contributed by atoms with Gasteiger partial charge >= 0.3 is 0 Å². The van der Waals surface area contributed by atoms with Crippen LogP contribution in [0, 0.1) is 17.6 Å². The molecule has 2 atom stereocenters. The summed E-state index contributed by atoms with van der Waals surface area (Å²) in [5.41, 5.74) is 1.70. The lowest BCUT2D eigenvalue weighted by molar-refractivity contribution is -0.135. The van der Waals surface area contributed by atoms with Crippen molar-refractivity contribution in [3.63, 3.8) is 0 Å². The Morgan fingerprint density at radius 2 is 1.89 bits per heavy atom. The van der Waals surface area contributed by atoms with Crippen LogP contribution >= 0.6 is 12.4 Å². The molecule has 1 heterocycles. The number of carbonyl (C=O) groups is 1. The topological polar surface area (TPSA) is 32.3 Å². The van der Waals surface area contributed by atoms with Crippen LogP contribution < -0.4 is 5.32 Å². The summed E-state index contributed by atoms with van der Waals surface area (Å²) in [5, 5.41) is 3.28. The number of hydrogen-bond donors (Lipinski definition) is 1. The second kappa shape index (κ2) is 9.81. The number of nitrogens with one attached hydrogen (secondary N) is 1. The minimum absolute atomic E-state index is 0. The fourth-order valence-corrected chi connectivity index (χ4v) is 3.57. The van der Waals surface area contributed by atoms with Gasteiger partial charge in [0.2, 0.25) is 5.91 Å². The van der Waals surface area contributed by atoms with Crippen LogP contribution in [-0.2, 0) is 11.2 Å². The highest BCUT2D eigenvalue weighted by atomic mass is 35.5. The van der Waals surface area contributed by atoms with Gasteiger partial charge in [0.25, 0.3) is 0 Å². The predicted molar refractivity (Wildman–Crippen MR) is 105 cm³/mol. The molecule has 0 aliphatic carbocycles. The molecule has 3 rings (SSSR count). The Labute approximate surface area is 165 Å². The summed E-state index contributed by atoms with van der Waals surface area (Å²) in [6.07, 6.45) is 1.04. The molecule has 0 aromatic heterocycles. The summed E-state index contributed by atoms with van der Waals surface area (Å²) in [5.74, 6) is -0.383. The van der Waals surface area contributed by atoms with Crippen molar-refractivity contribution < 1.29 is 13.6 Å². The van der Waals surface area contributed by atoms with Crippen LogP contribution in [0.5, 0.6) is 0 Å². The predicted octanol–water partition coefficient (Wildman–Crippen LogP) is 4.13. The second-order valence-electron chi connectivity index (χ2n) is 7.01. The van der Waals surface area contributed by atoms with Crippen molar-refractivity contribution in [2.24, 2.45) is 5.92 Å². The van der Waals surface area contributed by atoms with Gasteiger partial charge in [0, 0.05) is 26.1 Å². The summed E-state index contributed by atoms with van der Waals surface area (Å²) in [7, 11) is 0. The van der Waals surface area contributed by atoms with Crippen LogP contribution in [-0.4, -0.2) is 30.4 Å².